The summed E-state index contributed by atoms with van der Waals surface area (Å²) in [5, 5.41) is 6.27. The first-order valence-corrected chi connectivity index (χ1v) is 10.7. The minimum absolute atomic E-state index is 0.0186. The van der Waals surface area contributed by atoms with Crippen molar-refractivity contribution in [3.8, 4) is 0 Å². The van der Waals surface area contributed by atoms with Crippen molar-refractivity contribution < 1.29 is 14.3 Å². The number of hydrogen-bond donors (Lipinski definition) is 2. The zero-order chi connectivity index (χ0) is 20.2. The van der Waals surface area contributed by atoms with Gasteiger partial charge in [-0.15, -0.1) is 0 Å². The largest absolute Gasteiger partial charge is 0.379 e. The topological polar surface area (TPSA) is 85.3 Å². The number of aromatic nitrogens is 2. The number of hydrogen-bond acceptors (Lipinski definition) is 4. The maximum atomic E-state index is 12.6. The van der Waals surface area contributed by atoms with Crippen molar-refractivity contribution in [2.24, 2.45) is 5.92 Å². The Bertz CT molecular complexity index is 861. The smallest absolute Gasteiger partial charge is 0.223 e. The zero-order valence-electron chi connectivity index (χ0n) is 17.0. The average Bonchev–Trinajstić information content (AvgIpc) is 3.12. The number of rotatable bonds is 7. The van der Waals surface area contributed by atoms with Crippen molar-refractivity contribution >= 4 is 22.8 Å². The molecule has 7 nitrogen and oxygen atoms in total. The van der Waals surface area contributed by atoms with Gasteiger partial charge in [0.25, 0.3) is 0 Å². The van der Waals surface area contributed by atoms with E-state index in [0.717, 1.165) is 36.7 Å². The van der Waals surface area contributed by atoms with Gasteiger partial charge in [0, 0.05) is 32.0 Å². The van der Waals surface area contributed by atoms with E-state index in [1.54, 1.807) is 13.4 Å². The van der Waals surface area contributed by atoms with Gasteiger partial charge >= 0.3 is 0 Å². The summed E-state index contributed by atoms with van der Waals surface area (Å²) < 4.78 is 7.59. The van der Waals surface area contributed by atoms with Gasteiger partial charge in [-0.2, -0.15) is 0 Å². The van der Waals surface area contributed by atoms with E-state index >= 15 is 0 Å². The highest BCUT2D eigenvalue weighted by molar-refractivity contribution is 5.80. The molecule has 0 unspecified atom stereocenters. The van der Waals surface area contributed by atoms with Gasteiger partial charge < -0.3 is 19.9 Å². The van der Waals surface area contributed by atoms with Crippen LogP contribution in [0.2, 0.25) is 0 Å². The van der Waals surface area contributed by atoms with Crippen LogP contribution in [0.25, 0.3) is 11.0 Å². The van der Waals surface area contributed by atoms with Crippen LogP contribution in [0.4, 0.5) is 0 Å². The van der Waals surface area contributed by atoms with E-state index in [4.69, 9.17) is 4.74 Å². The van der Waals surface area contributed by atoms with Crippen LogP contribution in [0.5, 0.6) is 0 Å². The van der Waals surface area contributed by atoms with Gasteiger partial charge in [0.2, 0.25) is 11.8 Å². The predicted octanol–water partition coefficient (Wildman–Crippen LogP) is 2.40. The molecule has 0 radical (unpaired) electrons. The zero-order valence-corrected chi connectivity index (χ0v) is 17.0. The van der Waals surface area contributed by atoms with E-state index in [1.165, 1.54) is 6.42 Å². The molecule has 4 rings (SSSR count). The van der Waals surface area contributed by atoms with Gasteiger partial charge in [0.05, 0.1) is 29.5 Å². The fraction of sp³-hybridized carbons (Fsp3) is 0.591. The van der Waals surface area contributed by atoms with E-state index in [1.807, 2.05) is 28.8 Å². The Morgan fingerprint density at radius 1 is 1.17 bits per heavy atom. The van der Waals surface area contributed by atoms with Crippen molar-refractivity contribution in [2.75, 3.05) is 7.11 Å². The molecular weight excluding hydrogens is 368 g/mol. The Kier molecular flexibility index (Phi) is 6.13. The number of aryl methyl sites for hydroxylation is 1. The van der Waals surface area contributed by atoms with E-state index in [-0.39, 0.29) is 29.9 Å². The summed E-state index contributed by atoms with van der Waals surface area (Å²) in [5.41, 5.74) is 1.96. The summed E-state index contributed by atoms with van der Waals surface area (Å²) in [7, 11) is 1.68. The minimum atomic E-state index is -0.127. The van der Waals surface area contributed by atoms with Gasteiger partial charge in [-0.1, -0.05) is 12.1 Å². The van der Waals surface area contributed by atoms with Crippen molar-refractivity contribution in [3.05, 3.63) is 30.6 Å². The number of para-hydroxylation sites is 2. The standard InChI is InChI=1S/C22H30N4O3/c1-29-20-10-9-15(22(28)24-16-5-4-6-16)13-18(20)25-21(27)11-12-26-14-23-17-7-2-3-8-19(17)26/h2-3,7-8,14-16,18,20H,4-6,9-13H2,1H3,(H,24,28)(H,25,27)/t15-,18+,20+/m0/s1. The van der Waals surface area contributed by atoms with Crippen LogP contribution < -0.4 is 10.6 Å². The Hall–Kier alpha value is -2.41. The third-order valence-electron chi connectivity index (χ3n) is 6.37. The number of nitrogens with one attached hydrogen (secondary N) is 2. The van der Waals surface area contributed by atoms with Gasteiger partial charge in [-0.25, -0.2) is 4.98 Å². The summed E-state index contributed by atoms with van der Waals surface area (Å²) in [5.74, 6) is 0.0631. The molecule has 0 bridgehead atoms. The minimum Gasteiger partial charge on any atom is -0.379 e. The molecule has 0 aliphatic heterocycles. The third kappa shape index (κ3) is 4.61. The van der Waals surface area contributed by atoms with Gasteiger partial charge in [-0.3, -0.25) is 9.59 Å². The highest BCUT2D eigenvalue weighted by atomic mass is 16.5. The maximum absolute atomic E-state index is 12.6. The van der Waals surface area contributed by atoms with Crippen molar-refractivity contribution in [3.63, 3.8) is 0 Å². The van der Waals surface area contributed by atoms with Crippen LogP contribution in [-0.4, -0.2) is 46.7 Å². The van der Waals surface area contributed by atoms with Crippen LogP contribution in [-0.2, 0) is 20.9 Å². The molecule has 2 N–H and O–H groups in total. The van der Waals surface area contributed by atoms with Crippen molar-refractivity contribution in [2.45, 2.75) is 69.7 Å². The number of carbonyl (C=O) groups is 2. The van der Waals surface area contributed by atoms with Crippen LogP contribution in [0.3, 0.4) is 0 Å². The van der Waals surface area contributed by atoms with Gasteiger partial charge in [0.1, 0.15) is 0 Å². The predicted molar refractivity (Wildman–Crippen MR) is 110 cm³/mol. The Labute approximate surface area is 171 Å². The number of benzene rings is 1. The van der Waals surface area contributed by atoms with E-state index in [2.05, 4.69) is 15.6 Å². The number of imidazole rings is 1. The molecule has 2 saturated carbocycles. The van der Waals surface area contributed by atoms with Crippen LogP contribution >= 0.6 is 0 Å². The first-order valence-electron chi connectivity index (χ1n) is 10.7. The molecule has 2 fully saturated rings. The number of fused-ring (bicyclic) bond motifs is 1. The first kappa shape index (κ1) is 19.9. The Balaban J connectivity index is 1.31. The molecule has 2 amide bonds. The highest BCUT2D eigenvalue weighted by Gasteiger charge is 2.35. The highest BCUT2D eigenvalue weighted by Crippen LogP contribution is 2.28. The Morgan fingerprint density at radius 3 is 2.76 bits per heavy atom. The second-order valence-electron chi connectivity index (χ2n) is 8.27. The molecule has 3 atom stereocenters. The second-order valence-corrected chi connectivity index (χ2v) is 8.27. The molecular formula is C22H30N4O3. The summed E-state index contributed by atoms with van der Waals surface area (Å²) >= 11 is 0. The van der Waals surface area contributed by atoms with Crippen LogP contribution in [0.15, 0.2) is 30.6 Å². The normalized spacial score (nSPS) is 24.8. The van der Waals surface area contributed by atoms with Crippen LogP contribution in [0.1, 0.15) is 44.9 Å². The lowest BCUT2D eigenvalue weighted by molar-refractivity contribution is -0.131. The molecule has 1 aromatic carbocycles. The SMILES string of the molecule is CO[C@@H]1CC[C@H](C(=O)NC2CCC2)C[C@H]1NC(=O)CCn1cnc2ccccc21. The van der Waals surface area contributed by atoms with E-state index < -0.39 is 0 Å². The fourth-order valence-corrected chi connectivity index (χ4v) is 4.38. The number of amides is 2. The lowest BCUT2D eigenvalue weighted by Crippen LogP contribution is -2.51. The molecule has 1 heterocycles. The van der Waals surface area contributed by atoms with Gasteiger partial charge in [0.15, 0.2) is 0 Å². The fourth-order valence-electron chi connectivity index (χ4n) is 4.38. The summed E-state index contributed by atoms with van der Waals surface area (Å²) in [4.78, 5) is 29.5. The molecule has 2 aromatic rings. The van der Waals surface area contributed by atoms with E-state index in [0.29, 0.717) is 25.4 Å². The lowest BCUT2D eigenvalue weighted by Gasteiger charge is -2.36. The van der Waals surface area contributed by atoms with Crippen molar-refractivity contribution in [1.29, 1.82) is 0 Å². The number of carbonyl (C=O) groups excluding carboxylic acids is 2. The first-order chi connectivity index (χ1) is 14.1. The van der Waals surface area contributed by atoms with Crippen LogP contribution in [0, 0.1) is 5.92 Å². The number of nitrogens with zero attached hydrogens (tertiary/aromatic N) is 2. The molecule has 2 aliphatic rings. The molecule has 0 saturated heterocycles. The molecule has 7 heteroatoms. The molecule has 1 aromatic heterocycles. The third-order valence-corrected chi connectivity index (χ3v) is 6.37. The molecule has 0 spiro atoms. The maximum Gasteiger partial charge on any atom is 0.223 e. The summed E-state index contributed by atoms with van der Waals surface area (Å²) in [6.07, 6.45) is 7.71. The number of methoxy groups -OCH3 is 1. The molecule has 2 aliphatic carbocycles. The number of ether oxygens (including phenoxy) is 1. The van der Waals surface area contributed by atoms with Crippen molar-refractivity contribution in [1.82, 2.24) is 20.2 Å². The summed E-state index contributed by atoms with van der Waals surface area (Å²) in [6.45, 7) is 0.572. The van der Waals surface area contributed by atoms with Gasteiger partial charge in [-0.05, 0) is 50.7 Å². The molecule has 156 valence electrons. The molecule has 29 heavy (non-hydrogen) atoms. The lowest BCUT2D eigenvalue weighted by atomic mass is 9.82. The quantitative estimate of drug-likeness (QED) is 0.750. The summed E-state index contributed by atoms with van der Waals surface area (Å²) in [6, 6.07) is 8.12. The Morgan fingerprint density at radius 2 is 2.00 bits per heavy atom. The second kappa shape index (κ2) is 8.95. The van der Waals surface area contributed by atoms with E-state index in [9.17, 15) is 9.59 Å². The monoisotopic (exact) mass is 398 g/mol. The average molecular weight is 399 g/mol.